The normalized spacial score (nSPS) is 17.2. The Kier molecular flexibility index (Phi) is 14.9. The molecule has 3 amide bonds. The summed E-state index contributed by atoms with van der Waals surface area (Å²) < 4.78 is 5.74. The van der Waals surface area contributed by atoms with E-state index in [2.05, 4.69) is 32.6 Å². The first-order valence-corrected chi connectivity index (χ1v) is 17.8. The van der Waals surface area contributed by atoms with Crippen LogP contribution in [0.15, 0.2) is 34.9 Å². The van der Waals surface area contributed by atoms with Crippen LogP contribution >= 0.6 is 11.3 Å². The van der Waals surface area contributed by atoms with Gasteiger partial charge in [-0.3, -0.25) is 19.2 Å². The molecule has 1 saturated heterocycles. The fourth-order valence-corrected chi connectivity index (χ4v) is 6.58. The molecule has 1 fully saturated rings. The third kappa shape index (κ3) is 11.3. The van der Waals surface area contributed by atoms with Crippen LogP contribution in [0, 0.1) is 12.3 Å². The van der Waals surface area contributed by atoms with E-state index in [-0.39, 0.29) is 43.1 Å². The monoisotopic (exact) mass is 681 g/mol. The van der Waals surface area contributed by atoms with Gasteiger partial charge in [0, 0.05) is 30.7 Å². The smallest absolute Gasteiger partial charge is 0.306 e. The molecule has 1 unspecified atom stereocenters. The topological polar surface area (TPSA) is 166 Å². The number of amides is 3. The Hall–Kier alpha value is -3.96. The van der Waals surface area contributed by atoms with Gasteiger partial charge in [-0.2, -0.15) is 0 Å². The molecule has 2 heterocycles. The number of unbranched alkanes of at least 4 members (excludes halogenated alkanes) is 4. The molecule has 4 atom stereocenters. The first kappa shape index (κ1) is 38.5. The highest BCUT2D eigenvalue weighted by Crippen LogP contribution is 2.30. The summed E-state index contributed by atoms with van der Waals surface area (Å²) >= 11 is 1.57. The van der Waals surface area contributed by atoms with Gasteiger partial charge in [0.05, 0.1) is 28.7 Å². The van der Waals surface area contributed by atoms with Gasteiger partial charge >= 0.3 is 5.97 Å². The minimum absolute atomic E-state index is 0.0393. The average molecular weight is 682 g/mol. The first-order chi connectivity index (χ1) is 22.8. The van der Waals surface area contributed by atoms with Gasteiger partial charge < -0.3 is 20.3 Å². The highest BCUT2D eigenvalue weighted by molar-refractivity contribution is 7.13. The predicted octanol–water partition coefficient (Wildman–Crippen LogP) is 6.79. The third-order valence-corrected chi connectivity index (χ3v) is 9.53. The van der Waals surface area contributed by atoms with Gasteiger partial charge in [0.1, 0.15) is 18.2 Å². The molecule has 1 aromatic heterocycles. The van der Waals surface area contributed by atoms with E-state index in [9.17, 15) is 19.2 Å². The van der Waals surface area contributed by atoms with Gasteiger partial charge in [-0.05, 0) is 55.2 Å². The van der Waals surface area contributed by atoms with Crippen molar-refractivity contribution in [3.63, 3.8) is 0 Å². The number of azide groups is 1. The number of thiazole rings is 1. The van der Waals surface area contributed by atoms with Gasteiger partial charge in [-0.15, -0.1) is 11.3 Å². The lowest BCUT2D eigenvalue weighted by molar-refractivity contribution is -0.149. The molecule has 1 aliphatic rings. The van der Waals surface area contributed by atoms with Crippen molar-refractivity contribution < 1.29 is 23.9 Å². The number of rotatable bonds is 17. The van der Waals surface area contributed by atoms with Crippen molar-refractivity contribution in [2.75, 3.05) is 13.1 Å². The minimum atomic E-state index is -0.895. The Labute approximate surface area is 288 Å². The van der Waals surface area contributed by atoms with E-state index in [1.54, 1.807) is 11.3 Å². The van der Waals surface area contributed by atoms with Crippen LogP contribution in [0.5, 0.6) is 0 Å². The number of likely N-dealkylation sites (tertiary alicyclic amines) is 1. The molecule has 262 valence electrons. The fraction of sp³-hybridized carbons (Fsp3) is 0.629. The number of benzene rings is 1. The quantitative estimate of drug-likeness (QED) is 0.0613. The zero-order valence-corrected chi connectivity index (χ0v) is 30.0. The summed E-state index contributed by atoms with van der Waals surface area (Å²) in [5.41, 5.74) is 12.5. The summed E-state index contributed by atoms with van der Waals surface area (Å²) in [5, 5.41) is 9.50. The van der Waals surface area contributed by atoms with Crippen molar-refractivity contribution in [2.24, 2.45) is 10.5 Å². The van der Waals surface area contributed by atoms with Gasteiger partial charge in [-0.1, -0.05) is 76.3 Å². The molecule has 1 aliphatic heterocycles. The Morgan fingerprint density at radius 3 is 2.42 bits per heavy atom. The largest absolute Gasteiger partial charge is 0.460 e. The van der Waals surface area contributed by atoms with Crippen LogP contribution in [0.1, 0.15) is 110 Å². The molecule has 2 N–H and O–H groups in total. The maximum Gasteiger partial charge on any atom is 0.306 e. The number of nitrogens with zero attached hydrogens (tertiary/aromatic N) is 5. The van der Waals surface area contributed by atoms with Crippen LogP contribution in [0.3, 0.4) is 0 Å². The second-order valence-electron chi connectivity index (χ2n) is 13.6. The number of ether oxygens (including phenoxy) is 1. The van der Waals surface area contributed by atoms with Gasteiger partial charge in [0.15, 0.2) is 0 Å². The second-order valence-corrected chi connectivity index (χ2v) is 14.4. The van der Waals surface area contributed by atoms with E-state index in [0.29, 0.717) is 25.8 Å². The summed E-state index contributed by atoms with van der Waals surface area (Å²) in [6.45, 7) is 11.9. The van der Waals surface area contributed by atoms with Crippen molar-refractivity contribution >= 4 is 35.0 Å². The summed E-state index contributed by atoms with van der Waals surface area (Å²) in [6.07, 6.45) is 4.73. The van der Waals surface area contributed by atoms with Crippen molar-refractivity contribution in [3.05, 3.63) is 51.5 Å². The van der Waals surface area contributed by atoms with Crippen LogP contribution in [0.25, 0.3) is 20.9 Å². The molecular weight excluding hydrogens is 630 g/mol. The average Bonchev–Trinajstić information content (AvgIpc) is 3.67. The molecular formula is C35H51N7O5S. The Morgan fingerprint density at radius 2 is 1.79 bits per heavy atom. The Bertz CT molecular complexity index is 1430. The maximum atomic E-state index is 14.2. The highest BCUT2D eigenvalue weighted by Gasteiger charge is 2.46. The minimum Gasteiger partial charge on any atom is -0.460 e. The lowest BCUT2D eigenvalue weighted by Gasteiger charge is -2.35. The number of aryl methyl sites for hydroxylation is 1. The van der Waals surface area contributed by atoms with Gasteiger partial charge in [-0.25, -0.2) is 4.98 Å². The maximum absolute atomic E-state index is 14.2. The zero-order valence-electron chi connectivity index (χ0n) is 29.2. The van der Waals surface area contributed by atoms with Crippen LogP contribution in [-0.2, 0) is 23.9 Å². The zero-order chi connectivity index (χ0) is 35.3. The van der Waals surface area contributed by atoms with Crippen LogP contribution in [-0.4, -0.2) is 64.9 Å². The van der Waals surface area contributed by atoms with E-state index in [0.717, 1.165) is 47.4 Å². The number of carbonyl (C=O) groups is 4. The number of hydrogen-bond donors (Lipinski definition) is 2. The lowest BCUT2D eigenvalue weighted by Crippen LogP contribution is -2.57. The summed E-state index contributed by atoms with van der Waals surface area (Å²) in [5.74, 6) is -1.38. The third-order valence-electron chi connectivity index (χ3n) is 8.55. The first-order valence-electron chi connectivity index (χ1n) is 17.0. The second kappa shape index (κ2) is 18.5. The Balaban J connectivity index is 1.76. The van der Waals surface area contributed by atoms with Crippen molar-refractivity contribution in [1.82, 2.24) is 20.5 Å². The molecule has 0 bridgehead atoms. The van der Waals surface area contributed by atoms with E-state index < -0.39 is 29.6 Å². The number of carbonyl (C=O) groups excluding carboxylic acids is 4. The molecule has 0 spiro atoms. The van der Waals surface area contributed by atoms with Crippen molar-refractivity contribution in [1.29, 1.82) is 0 Å². The molecule has 2 aromatic rings. The lowest BCUT2D eigenvalue weighted by atomic mass is 9.85. The van der Waals surface area contributed by atoms with Gasteiger partial charge in [0.25, 0.3) is 0 Å². The molecule has 13 heteroatoms. The summed E-state index contributed by atoms with van der Waals surface area (Å²) in [7, 11) is 0. The standard InChI is InChI=1S/C35H51N7O5S/c1-7-8-9-10-13-29(43)40-32(35(4,5)6)34(46)42-21-27(47-30(44)14-11-12-19-38-41-36)20-28(42)33(45)39-23(2)25-15-17-26(18-16-25)31-24(3)37-22-48-31/h15-18,22-23,27-28,32H,7-14,19-21H2,1-6H3,(H,39,45)(H,40,43)/t23-,27+,28?,32+/m0/s1. The molecule has 0 aliphatic carbocycles. The van der Waals surface area contributed by atoms with Crippen LogP contribution in [0.2, 0.25) is 0 Å². The number of nitrogens with one attached hydrogen (secondary N) is 2. The SMILES string of the molecule is CCCCCCC(=O)N[C@H](C(=O)N1C[C@H](OC(=O)CCCCN=[N+]=[N-])CC1C(=O)N[C@@H](C)c1ccc(-c2scnc2C)cc1)C(C)(C)C. The van der Waals surface area contributed by atoms with E-state index in [1.807, 2.05) is 64.4 Å². The van der Waals surface area contributed by atoms with E-state index >= 15 is 0 Å². The number of esters is 1. The molecule has 12 nitrogen and oxygen atoms in total. The summed E-state index contributed by atoms with van der Waals surface area (Å²) in [6, 6.07) is 5.82. The number of hydrogen-bond acceptors (Lipinski definition) is 8. The highest BCUT2D eigenvalue weighted by atomic mass is 32.1. The van der Waals surface area contributed by atoms with E-state index in [1.165, 1.54) is 4.90 Å². The van der Waals surface area contributed by atoms with Crippen LogP contribution in [0.4, 0.5) is 0 Å². The van der Waals surface area contributed by atoms with Crippen molar-refractivity contribution in [3.8, 4) is 10.4 Å². The molecule has 0 saturated carbocycles. The van der Waals surface area contributed by atoms with Gasteiger partial charge in [0.2, 0.25) is 17.7 Å². The Morgan fingerprint density at radius 1 is 1.08 bits per heavy atom. The van der Waals surface area contributed by atoms with Crippen LogP contribution < -0.4 is 10.6 Å². The predicted molar refractivity (Wildman–Crippen MR) is 187 cm³/mol. The van der Waals surface area contributed by atoms with E-state index in [4.69, 9.17) is 10.3 Å². The molecule has 1 aromatic carbocycles. The fourth-order valence-electron chi connectivity index (χ4n) is 5.77. The van der Waals surface area contributed by atoms with Crippen molar-refractivity contribution in [2.45, 2.75) is 124 Å². The summed E-state index contributed by atoms with van der Waals surface area (Å²) in [4.78, 5) is 63.3. The molecule has 48 heavy (non-hydrogen) atoms. The molecule has 0 radical (unpaired) electrons. The molecule has 3 rings (SSSR count). The number of aromatic nitrogens is 1.